The van der Waals surface area contributed by atoms with Crippen molar-refractivity contribution < 1.29 is 17.9 Å². The zero-order valence-electron chi connectivity index (χ0n) is 14.6. The van der Waals surface area contributed by atoms with Gasteiger partial charge < -0.3 is 9.47 Å². The Morgan fingerprint density at radius 3 is 2.30 bits per heavy atom. The van der Waals surface area contributed by atoms with Crippen LogP contribution in [0.25, 0.3) is 10.9 Å². The van der Waals surface area contributed by atoms with Crippen LogP contribution in [0.3, 0.4) is 0 Å². The van der Waals surface area contributed by atoms with E-state index in [1.54, 1.807) is 67.9 Å². The van der Waals surface area contributed by atoms with E-state index in [-0.39, 0.29) is 4.90 Å². The maximum Gasteiger partial charge on any atom is 0.268 e. The highest BCUT2D eigenvalue weighted by Gasteiger charge is 2.18. The molecule has 6 heteroatoms. The number of methoxy groups -OCH3 is 1. The summed E-state index contributed by atoms with van der Waals surface area (Å²) in [6, 6.07) is 22.7. The lowest BCUT2D eigenvalue weighted by Crippen LogP contribution is -2.11. The third kappa shape index (κ3) is 3.27. The Morgan fingerprint density at radius 1 is 0.778 bits per heavy atom. The van der Waals surface area contributed by atoms with Crippen molar-refractivity contribution in [1.82, 2.24) is 3.97 Å². The van der Waals surface area contributed by atoms with Gasteiger partial charge in [0.25, 0.3) is 10.0 Å². The Morgan fingerprint density at radius 2 is 1.52 bits per heavy atom. The summed E-state index contributed by atoms with van der Waals surface area (Å²) >= 11 is 0. The minimum absolute atomic E-state index is 0.238. The molecule has 0 aliphatic carbocycles. The first kappa shape index (κ1) is 17.2. The summed E-state index contributed by atoms with van der Waals surface area (Å²) in [6.07, 6.45) is 1.56. The van der Waals surface area contributed by atoms with Crippen LogP contribution in [-0.4, -0.2) is 19.5 Å². The van der Waals surface area contributed by atoms with Gasteiger partial charge in [-0.15, -0.1) is 0 Å². The topological polar surface area (TPSA) is 57.5 Å². The quantitative estimate of drug-likeness (QED) is 0.505. The number of aromatic nitrogens is 1. The lowest BCUT2D eigenvalue weighted by Gasteiger charge is -2.10. The fourth-order valence-corrected chi connectivity index (χ4v) is 4.23. The van der Waals surface area contributed by atoms with Crippen LogP contribution in [0.5, 0.6) is 17.2 Å². The smallest absolute Gasteiger partial charge is 0.268 e. The molecule has 0 atom stereocenters. The molecular weight excluding hydrogens is 362 g/mol. The molecule has 0 bridgehead atoms. The molecule has 0 saturated heterocycles. The van der Waals surface area contributed by atoms with Crippen LogP contribution < -0.4 is 9.47 Å². The molecular formula is C21H17NO4S. The van der Waals surface area contributed by atoms with Crippen LogP contribution in [0.2, 0.25) is 0 Å². The Balaban J connectivity index is 1.75. The summed E-state index contributed by atoms with van der Waals surface area (Å²) in [4.78, 5) is 0.238. The van der Waals surface area contributed by atoms with E-state index >= 15 is 0 Å². The van der Waals surface area contributed by atoms with Gasteiger partial charge in [0.15, 0.2) is 0 Å². The molecule has 0 amide bonds. The van der Waals surface area contributed by atoms with E-state index in [0.29, 0.717) is 22.8 Å². The van der Waals surface area contributed by atoms with Gasteiger partial charge in [0.1, 0.15) is 17.2 Å². The van der Waals surface area contributed by atoms with E-state index in [2.05, 4.69) is 0 Å². The van der Waals surface area contributed by atoms with Gasteiger partial charge in [-0.1, -0.05) is 24.3 Å². The summed E-state index contributed by atoms with van der Waals surface area (Å²) in [5.74, 6) is 1.83. The number of nitrogens with zero attached hydrogens (tertiary/aromatic N) is 1. The van der Waals surface area contributed by atoms with Crippen LogP contribution in [0.1, 0.15) is 0 Å². The Bertz CT molecular complexity index is 1200. The maximum absolute atomic E-state index is 13.0. The molecule has 0 N–H and O–H groups in total. The molecule has 5 nitrogen and oxygen atoms in total. The molecule has 0 fully saturated rings. The second-order valence-electron chi connectivity index (χ2n) is 5.93. The van der Waals surface area contributed by atoms with Crippen LogP contribution >= 0.6 is 0 Å². The molecule has 0 spiro atoms. The van der Waals surface area contributed by atoms with Crippen molar-refractivity contribution in [3.05, 3.63) is 85.1 Å². The molecule has 1 aromatic heterocycles. The number of hydrogen-bond acceptors (Lipinski definition) is 4. The van der Waals surface area contributed by atoms with Crippen LogP contribution in [0.4, 0.5) is 0 Å². The summed E-state index contributed by atoms with van der Waals surface area (Å²) < 4.78 is 38.3. The van der Waals surface area contributed by atoms with Gasteiger partial charge in [-0.3, -0.25) is 0 Å². The second kappa shape index (κ2) is 6.81. The highest BCUT2D eigenvalue weighted by atomic mass is 32.2. The molecule has 0 saturated carbocycles. The standard InChI is InChI=1S/C21H17NO4S/c1-25-17-6-5-7-18(14-17)26-19-11-10-16-12-13-22(21(16)15-19)27(23,24)20-8-3-2-4-9-20/h2-15H,1H3. The van der Waals surface area contributed by atoms with Gasteiger partial charge in [-0.25, -0.2) is 12.4 Å². The first-order chi connectivity index (χ1) is 13.1. The van der Waals surface area contributed by atoms with E-state index in [4.69, 9.17) is 9.47 Å². The molecule has 0 aliphatic heterocycles. The van der Waals surface area contributed by atoms with Gasteiger partial charge in [0, 0.05) is 23.7 Å². The van der Waals surface area contributed by atoms with Crippen molar-refractivity contribution in [2.45, 2.75) is 4.90 Å². The van der Waals surface area contributed by atoms with Crippen molar-refractivity contribution in [1.29, 1.82) is 0 Å². The van der Waals surface area contributed by atoms with E-state index in [9.17, 15) is 8.42 Å². The average molecular weight is 379 g/mol. The third-order valence-corrected chi connectivity index (χ3v) is 5.91. The molecule has 136 valence electrons. The lowest BCUT2D eigenvalue weighted by atomic mass is 10.2. The molecule has 3 aromatic carbocycles. The predicted molar refractivity (Wildman–Crippen MR) is 104 cm³/mol. The highest BCUT2D eigenvalue weighted by Crippen LogP contribution is 2.30. The average Bonchev–Trinajstić information content (AvgIpc) is 3.13. The highest BCUT2D eigenvalue weighted by molar-refractivity contribution is 7.90. The predicted octanol–water partition coefficient (Wildman–Crippen LogP) is 4.68. The molecule has 4 aromatic rings. The minimum atomic E-state index is -3.68. The molecule has 4 rings (SSSR count). The largest absolute Gasteiger partial charge is 0.497 e. The van der Waals surface area contributed by atoms with Crippen molar-refractivity contribution in [2.75, 3.05) is 7.11 Å². The van der Waals surface area contributed by atoms with Gasteiger partial charge >= 0.3 is 0 Å². The molecule has 27 heavy (non-hydrogen) atoms. The molecule has 1 heterocycles. The SMILES string of the molecule is COc1cccc(Oc2ccc3ccn(S(=O)(=O)c4ccccc4)c3c2)c1. The second-order valence-corrected chi connectivity index (χ2v) is 7.75. The lowest BCUT2D eigenvalue weighted by molar-refractivity contribution is 0.409. The van der Waals surface area contributed by atoms with Crippen LogP contribution in [0, 0.1) is 0 Å². The van der Waals surface area contributed by atoms with E-state index < -0.39 is 10.0 Å². The van der Waals surface area contributed by atoms with Crippen molar-refractivity contribution >= 4 is 20.9 Å². The van der Waals surface area contributed by atoms with E-state index in [1.807, 2.05) is 24.3 Å². The van der Waals surface area contributed by atoms with Gasteiger partial charge in [-0.05, 0) is 42.5 Å². The zero-order chi connectivity index (χ0) is 18.9. The fraction of sp³-hybridized carbons (Fsp3) is 0.0476. The van der Waals surface area contributed by atoms with Crippen molar-refractivity contribution in [3.63, 3.8) is 0 Å². The first-order valence-corrected chi connectivity index (χ1v) is 9.75. The molecule has 0 unspecified atom stereocenters. The normalized spacial score (nSPS) is 11.4. The van der Waals surface area contributed by atoms with Gasteiger partial charge in [0.05, 0.1) is 17.5 Å². The molecule has 0 radical (unpaired) electrons. The zero-order valence-corrected chi connectivity index (χ0v) is 15.4. The van der Waals surface area contributed by atoms with Crippen LogP contribution in [0.15, 0.2) is 90.0 Å². The summed E-state index contributed by atoms with van der Waals surface area (Å²) in [6.45, 7) is 0. The monoisotopic (exact) mass is 379 g/mol. The summed E-state index contributed by atoms with van der Waals surface area (Å²) in [7, 11) is -2.09. The van der Waals surface area contributed by atoms with Crippen molar-refractivity contribution in [3.8, 4) is 17.2 Å². The Hall–Kier alpha value is -3.25. The van der Waals surface area contributed by atoms with E-state index in [1.165, 1.54) is 3.97 Å². The summed E-state index contributed by atoms with van der Waals surface area (Å²) in [5, 5.41) is 0.812. The third-order valence-electron chi connectivity index (χ3n) is 4.21. The number of rotatable bonds is 5. The van der Waals surface area contributed by atoms with Crippen LogP contribution in [-0.2, 0) is 10.0 Å². The number of ether oxygens (including phenoxy) is 2. The van der Waals surface area contributed by atoms with E-state index in [0.717, 1.165) is 5.39 Å². The fourth-order valence-electron chi connectivity index (χ4n) is 2.86. The molecule has 0 aliphatic rings. The maximum atomic E-state index is 13.0. The van der Waals surface area contributed by atoms with Gasteiger partial charge in [-0.2, -0.15) is 0 Å². The number of hydrogen-bond donors (Lipinski definition) is 0. The number of benzene rings is 3. The number of fused-ring (bicyclic) bond motifs is 1. The minimum Gasteiger partial charge on any atom is -0.497 e. The Labute approximate surface area is 157 Å². The Kier molecular flexibility index (Phi) is 4.33. The van der Waals surface area contributed by atoms with Crippen molar-refractivity contribution in [2.24, 2.45) is 0 Å². The van der Waals surface area contributed by atoms with Gasteiger partial charge in [0.2, 0.25) is 0 Å². The first-order valence-electron chi connectivity index (χ1n) is 8.31. The summed E-state index contributed by atoms with van der Waals surface area (Å²) in [5.41, 5.74) is 0.555.